The third kappa shape index (κ3) is 4.08. The fraction of sp³-hybridized carbons (Fsp3) is 0.429. The predicted octanol–water partition coefficient (Wildman–Crippen LogP) is 2.65. The quantitative estimate of drug-likeness (QED) is 0.825. The van der Waals surface area contributed by atoms with Gasteiger partial charge in [-0.05, 0) is 25.5 Å². The standard InChI is InChI=1S/C14H19N3OS/c1-3-12(18)9-17-11(2)15-14(16-17)10-19-13-7-5-4-6-8-13/h4-8,12,18H,3,9-10H2,1-2H3/t12-/m1/s1. The van der Waals surface area contributed by atoms with E-state index >= 15 is 0 Å². The van der Waals surface area contributed by atoms with Crippen LogP contribution >= 0.6 is 11.8 Å². The summed E-state index contributed by atoms with van der Waals surface area (Å²) in [4.78, 5) is 5.65. The monoisotopic (exact) mass is 277 g/mol. The van der Waals surface area contributed by atoms with Crippen LogP contribution in [-0.2, 0) is 12.3 Å². The van der Waals surface area contributed by atoms with Crippen molar-refractivity contribution in [1.29, 1.82) is 0 Å². The molecule has 0 bridgehead atoms. The maximum Gasteiger partial charge on any atom is 0.161 e. The zero-order valence-electron chi connectivity index (χ0n) is 11.3. The molecule has 1 heterocycles. The molecule has 0 aliphatic rings. The van der Waals surface area contributed by atoms with Crippen molar-refractivity contribution < 1.29 is 5.11 Å². The molecular formula is C14H19N3OS. The van der Waals surface area contributed by atoms with Crippen molar-refractivity contribution in [3.8, 4) is 0 Å². The van der Waals surface area contributed by atoms with E-state index in [1.54, 1.807) is 16.4 Å². The lowest BCUT2D eigenvalue weighted by Crippen LogP contribution is -2.16. The van der Waals surface area contributed by atoms with E-state index in [0.29, 0.717) is 6.54 Å². The highest BCUT2D eigenvalue weighted by Crippen LogP contribution is 2.20. The Morgan fingerprint density at radius 3 is 2.74 bits per heavy atom. The number of hydrogen-bond acceptors (Lipinski definition) is 4. The highest BCUT2D eigenvalue weighted by atomic mass is 32.2. The number of aliphatic hydroxyl groups is 1. The number of nitrogens with zero attached hydrogens (tertiary/aromatic N) is 3. The number of benzene rings is 1. The summed E-state index contributed by atoms with van der Waals surface area (Å²) in [6, 6.07) is 10.2. The normalized spacial score (nSPS) is 12.6. The van der Waals surface area contributed by atoms with Gasteiger partial charge in [0.1, 0.15) is 5.82 Å². The van der Waals surface area contributed by atoms with Gasteiger partial charge < -0.3 is 5.11 Å². The van der Waals surface area contributed by atoms with Crippen LogP contribution in [0.15, 0.2) is 35.2 Å². The van der Waals surface area contributed by atoms with Gasteiger partial charge in [-0.25, -0.2) is 9.67 Å². The highest BCUT2D eigenvalue weighted by molar-refractivity contribution is 7.98. The van der Waals surface area contributed by atoms with Crippen molar-refractivity contribution >= 4 is 11.8 Å². The first-order chi connectivity index (χ1) is 9.19. The zero-order valence-corrected chi connectivity index (χ0v) is 12.1. The first kappa shape index (κ1) is 14.1. The topological polar surface area (TPSA) is 50.9 Å². The van der Waals surface area contributed by atoms with Crippen molar-refractivity contribution in [3.63, 3.8) is 0 Å². The smallest absolute Gasteiger partial charge is 0.161 e. The molecule has 0 aliphatic carbocycles. The number of thioether (sulfide) groups is 1. The largest absolute Gasteiger partial charge is 0.391 e. The van der Waals surface area contributed by atoms with E-state index in [1.807, 2.05) is 32.0 Å². The minimum atomic E-state index is -0.352. The molecule has 0 saturated carbocycles. The lowest BCUT2D eigenvalue weighted by atomic mass is 10.3. The fourth-order valence-corrected chi connectivity index (χ4v) is 2.47. The van der Waals surface area contributed by atoms with Crippen LogP contribution in [0.25, 0.3) is 0 Å². The SMILES string of the molecule is CC[C@@H](O)Cn1nc(CSc2ccccc2)nc1C. The Morgan fingerprint density at radius 2 is 2.05 bits per heavy atom. The summed E-state index contributed by atoms with van der Waals surface area (Å²) in [6.45, 7) is 4.40. The highest BCUT2D eigenvalue weighted by Gasteiger charge is 2.09. The van der Waals surface area contributed by atoms with Gasteiger partial charge in [0.2, 0.25) is 0 Å². The maximum atomic E-state index is 9.66. The van der Waals surface area contributed by atoms with Crippen LogP contribution in [0, 0.1) is 6.92 Å². The van der Waals surface area contributed by atoms with Gasteiger partial charge in [-0.1, -0.05) is 25.1 Å². The van der Waals surface area contributed by atoms with E-state index in [9.17, 15) is 5.11 Å². The van der Waals surface area contributed by atoms with Gasteiger partial charge >= 0.3 is 0 Å². The van der Waals surface area contributed by atoms with Crippen molar-refractivity contribution in [3.05, 3.63) is 42.0 Å². The van der Waals surface area contributed by atoms with Crippen LogP contribution in [0.4, 0.5) is 0 Å². The Balaban J connectivity index is 1.96. The van der Waals surface area contributed by atoms with Crippen molar-refractivity contribution in [2.45, 2.75) is 43.6 Å². The summed E-state index contributed by atoms with van der Waals surface area (Å²) in [5.41, 5.74) is 0. The zero-order chi connectivity index (χ0) is 13.7. The molecule has 1 aromatic carbocycles. The summed E-state index contributed by atoms with van der Waals surface area (Å²) in [7, 11) is 0. The molecule has 0 aliphatic heterocycles. The van der Waals surface area contributed by atoms with Crippen LogP contribution in [0.5, 0.6) is 0 Å². The van der Waals surface area contributed by atoms with E-state index in [4.69, 9.17) is 0 Å². The lowest BCUT2D eigenvalue weighted by molar-refractivity contribution is 0.144. The van der Waals surface area contributed by atoms with E-state index in [-0.39, 0.29) is 6.10 Å². The minimum Gasteiger partial charge on any atom is -0.391 e. The molecular weight excluding hydrogens is 258 g/mol. The van der Waals surface area contributed by atoms with Crippen LogP contribution in [0.2, 0.25) is 0 Å². The molecule has 2 rings (SSSR count). The summed E-state index contributed by atoms with van der Waals surface area (Å²) in [6.07, 6.45) is 0.378. The van der Waals surface area contributed by atoms with Crippen LogP contribution in [-0.4, -0.2) is 26.0 Å². The summed E-state index contributed by atoms with van der Waals surface area (Å²) < 4.78 is 1.79. The third-order valence-electron chi connectivity index (χ3n) is 2.87. The molecule has 5 heteroatoms. The Bertz CT molecular complexity index is 513. The maximum absolute atomic E-state index is 9.66. The van der Waals surface area contributed by atoms with E-state index in [1.165, 1.54) is 4.90 Å². The Hall–Kier alpha value is -1.33. The average Bonchev–Trinajstić information content (AvgIpc) is 2.78. The van der Waals surface area contributed by atoms with Gasteiger partial charge in [0, 0.05) is 4.90 Å². The molecule has 2 aromatic rings. The number of aromatic nitrogens is 3. The summed E-state index contributed by atoms with van der Waals surface area (Å²) >= 11 is 1.72. The molecule has 102 valence electrons. The van der Waals surface area contributed by atoms with Gasteiger partial charge in [0.25, 0.3) is 0 Å². The van der Waals surface area contributed by atoms with Gasteiger partial charge in [-0.3, -0.25) is 0 Å². The molecule has 4 nitrogen and oxygen atoms in total. The molecule has 0 saturated heterocycles. The number of aliphatic hydroxyl groups excluding tert-OH is 1. The molecule has 1 N–H and O–H groups in total. The summed E-state index contributed by atoms with van der Waals surface area (Å²) in [5.74, 6) is 2.42. The molecule has 1 atom stereocenters. The van der Waals surface area contributed by atoms with E-state index in [2.05, 4.69) is 22.2 Å². The second-order valence-corrected chi connectivity index (χ2v) is 5.47. The number of aryl methyl sites for hydroxylation is 1. The molecule has 0 spiro atoms. The third-order valence-corrected chi connectivity index (χ3v) is 3.87. The van der Waals surface area contributed by atoms with E-state index in [0.717, 1.165) is 23.8 Å². The Morgan fingerprint density at radius 1 is 1.32 bits per heavy atom. The second kappa shape index (κ2) is 6.73. The predicted molar refractivity (Wildman–Crippen MR) is 77.1 cm³/mol. The van der Waals surface area contributed by atoms with Gasteiger partial charge in [0.05, 0.1) is 18.4 Å². The molecule has 0 amide bonds. The second-order valence-electron chi connectivity index (χ2n) is 4.42. The number of hydrogen-bond donors (Lipinski definition) is 1. The number of rotatable bonds is 6. The van der Waals surface area contributed by atoms with Crippen molar-refractivity contribution in [2.75, 3.05) is 0 Å². The first-order valence-electron chi connectivity index (χ1n) is 6.45. The Kier molecular flexibility index (Phi) is 4.99. The molecule has 0 unspecified atom stereocenters. The molecule has 19 heavy (non-hydrogen) atoms. The first-order valence-corrected chi connectivity index (χ1v) is 7.44. The van der Waals surface area contributed by atoms with Gasteiger partial charge in [-0.15, -0.1) is 11.8 Å². The van der Waals surface area contributed by atoms with Gasteiger partial charge in [-0.2, -0.15) is 5.10 Å². The van der Waals surface area contributed by atoms with Gasteiger partial charge in [0.15, 0.2) is 5.82 Å². The lowest BCUT2D eigenvalue weighted by Gasteiger charge is -2.07. The Labute approximate surface area is 117 Å². The van der Waals surface area contributed by atoms with Crippen molar-refractivity contribution in [1.82, 2.24) is 14.8 Å². The summed E-state index contributed by atoms with van der Waals surface area (Å²) in [5, 5.41) is 14.1. The van der Waals surface area contributed by atoms with Crippen LogP contribution in [0.3, 0.4) is 0 Å². The molecule has 1 aromatic heterocycles. The van der Waals surface area contributed by atoms with Crippen LogP contribution in [0.1, 0.15) is 25.0 Å². The average molecular weight is 277 g/mol. The fourth-order valence-electron chi connectivity index (χ4n) is 1.71. The van der Waals surface area contributed by atoms with Crippen LogP contribution < -0.4 is 0 Å². The van der Waals surface area contributed by atoms with Crippen molar-refractivity contribution in [2.24, 2.45) is 0 Å². The minimum absolute atomic E-state index is 0.352. The van der Waals surface area contributed by atoms with E-state index < -0.39 is 0 Å². The molecule has 0 radical (unpaired) electrons. The molecule has 0 fully saturated rings.